The predicted molar refractivity (Wildman–Crippen MR) is 83.3 cm³/mol. The first-order chi connectivity index (χ1) is 10.6. The van der Waals surface area contributed by atoms with Gasteiger partial charge in [0.15, 0.2) is 0 Å². The smallest absolute Gasteiger partial charge is 0.315 e. The van der Waals surface area contributed by atoms with E-state index in [1.165, 1.54) is 12.8 Å². The number of rotatable bonds is 5. The summed E-state index contributed by atoms with van der Waals surface area (Å²) in [6, 6.07) is 10.1. The lowest BCUT2D eigenvalue weighted by Gasteiger charge is -2.19. The van der Waals surface area contributed by atoms with Gasteiger partial charge in [-0.3, -0.25) is 0 Å². The molecule has 0 spiro atoms. The molecule has 3 rings (SSSR count). The Balaban J connectivity index is 1.60. The van der Waals surface area contributed by atoms with E-state index < -0.39 is 0 Å². The minimum absolute atomic E-state index is 0.0888. The van der Waals surface area contributed by atoms with Crippen molar-refractivity contribution in [3.63, 3.8) is 0 Å². The van der Waals surface area contributed by atoms with Crippen LogP contribution in [0.5, 0.6) is 0 Å². The topological polar surface area (TPSA) is 67.2 Å². The van der Waals surface area contributed by atoms with Gasteiger partial charge in [0.1, 0.15) is 5.76 Å². The Morgan fingerprint density at radius 1 is 1.32 bits per heavy atom. The number of hydrogen-bond donors (Lipinski definition) is 2. The Morgan fingerprint density at radius 3 is 2.64 bits per heavy atom. The van der Waals surface area contributed by atoms with Gasteiger partial charge in [0.2, 0.25) is 0 Å². The molecule has 1 heterocycles. The van der Waals surface area contributed by atoms with Crippen LogP contribution in [-0.2, 0) is 6.54 Å². The molecule has 5 nitrogen and oxygen atoms in total. The highest BCUT2D eigenvalue weighted by molar-refractivity contribution is 5.74. The van der Waals surface area contributed by atoms with Gasteiger partial charge in [0.05, 0.1) is 11.7 Å². The molecule has 0 saturated heterocycles. The minimum atomic E-state index is -0.152. The van der Waals surface area contributed by atoms with Gasteiger partial charge in [0.25, 0.3) is 0 Å². The van der Waals surface area contributed by atoms with Crippen LogP contribution in [0.2, 0.25) is 0 Å². The van der Waals surface area contributed by atoms with Crippen molar-refractivity contribution in [2.45, 2.75) is 39.3 Å². The highest BCUT2D eigenvalue weighted by Crippen LogP contribution is 2.40. The number of benzene rings is 1. The summed E-state index contributed by atoms with van der Waals surface area (Å²) in [7, 11) is 0. The van der Waals surface area contributed by atoms with E-state index >= 15 is 0 Å². The molecule has 1 aliphatic rings. The van der Waals surface area contributed by atoms with Gasteiger partial charge < -0.3 is 15.2 Å². The summed E-state index contributed by atoms with van der Waals surface area (Å²) in [5.74, 6) is 1.30. The van der Waals surface area contributed by atoms with Gasteiger partial charge in [-0.15, -0.1) is 0 Å². The van der Waals surface area contributed by atoms with E-state index in [2.05, 4.69) is 27.9 Å². The molecule has 0 bridgehead atoms. The third kappa shape index (κ3) is 3.30. The normalized spacial score (nSPS) is 15.4. The molecule has 1 atom stereocenters. The average molecular weight is 299 g/mol. The molecule has 2 aromatic rings. The number of carbonyl (C=O) groups excluding carboxylic acids is 1. The van der Waals surface area contributed by atoms with E-state index in [4.69, 9.17) is 4.52 Å². The van der Waals surface area contributed by atoms with E-state index in [9.17, 15) is 4.79 Å². The molecule has 116 valence electrons. The highest BCUT2D eigenvalue weighted by atomic mass is 16.5. The maximum absolute atomic E-state index is 12.2. The van der Waals surface area contributed by atoms with Crippen LogP contribution in [0.4, 0.5) is 4.79 Å². The minimum Gasteiger partial charge on any atom is -0.361 e. The third-order valence-electron chi connectivity index (χ3n) is 4.15. The number of amides is 2. The molecular weight excluding hydrogens is 278 g/mol. The second-order valence-corrected chi connectivity index (χ2v) is 5.86. The summed E-state index contributed by atoms with van der Waals surface area (Å²) in [4.78, 5) is 12.2. The lowest BCUT2D eigenvalue weighted by atomic mass is 10.0. The zero-order valence-electron chi connectivity index (χ0n) is 12.9. The van der Waals surface area contributed by atoms with Crippen molar-refractivity contribution in [1.82, 2.24) is 15.8 Å². The van der Waals surface area contributed by atoms with Gasteiger partial charge in [-0.05, 0) is 38.2 Å². The predicted octanol–water partition coefficient (Wildman–Crippen LogP) is 3.24. The van der Waals surface area contributed by atoms with E-state index in [1.807, 2.05) is 32.0 Å². The lowest BCUT2D eigenvalue weighted by molar-refractivity contribution is 0.235. The van der Waals surface area contributed by atoms with Crippen LogP contribution in [0, 0.1) is 19.8 Å². The standard InChI is InChI=1S/C17H21N3O2/c1-11-15(12(2)22-20-11)10-18-17(21)19-16(14-8-9-14)13-6-4-3-5-7-13/h3-7,14,16H,8-10H2,1-2H3,(H2,18,19,21)/t16-/m0/s1. The molecule has 1 fully saturated rings. The molecule has 1 aromatic heterocycles. The second-order valence-electron chi connectivity index (χ2n) is 5.86. The number of aryl methyl sites for hydroxylation is 2. The fourth-order valence-electron chi connectivity index (χ4n) is 2.68. The summed E-state index contributed by atoms with van der Waals surface area (Å²) in [6.45, 7) is 4.16. The molecule has 2 amide bonds. The summed E-state index contributed by atoms with van der Waals surface area (Å²) >= 11 is 0. The van der Waals surface area contributed by atoms with Crippen molar-refractivity contribution in [2.75, 3.05) is 0 Å². The van der Waals surface area contributed by atoms with Crippen LogP contribution in [0.1, 0.15) is 41.5 Å². The molecular formula is C17H21N3O2. The Labute approximate surface area is 130 Å². The van der Waals surface area contributed by atoms with Crippen molar-refractivity contribution in [2.24, 2.45) is 5.92 Å². The maximum atomic E-state index is 12.2. The summed E-state index contributed by atoms with van der Waals surface area (Å²) in [5, 5.41) is 9.89. The zero-order valence-corrected chi connectivity index (χ0v) is 12.9. The molecule has 22 heavy (non-hydrogen) atoms. The number of urea groups is 1. The SMILES string of the molecule is Cc1noc(C)c1CNC(=O)N[C@@H](c1ccccc1)C1CC1. The highest BCUT2D eigenvalue weighted by Gasteiger charge is 2.33. The van der Waals surface area contributed by atoms with Gasteiger partial charge in [0, 0.05) is 12.1 Å². The van der Waals surface area contributed by atoms with Crippen LogP contribution in [0.3, 0.4) is 0 Å². The Kier molecular flexibility index (Phi) is 4.13. The van der Waals surface area contributed by atoms with Crippen molar-refractivity contribution >= 4 is 6.03 Å². The van der Waals surface area contributed by atoms with Crippen molar-refractivity contribution in [3.05, 3.63) is 52.9 Å². The third-order valence-corrected chi connectivity index (χ3v) is 4.15. The summed E-state index contributed by atoms with van der Waals surface area (Å²) < 4.78 is 5.10. The largest absolute Gasteiger partial charge is 0.361 e. The lowest BCUT2D eigenvalue weighted by Crippen LogP contribution is -2.38. The van der Waals surface area contributed by atoms with E-state index in [-0.39, 0.29) is 12.1 Å². The Morgan fingerprint density at radius 2 is 2.05 bits per heavy atom. The molecule has 0 aliphatic heterocycles. The van der Waals surface area contributed by atoms with E-state index in [1.54, 1.807) is 0 Å². The molecule has 1 aromatic carbocycles. The molecule has 1 saturated carbocycles. The van der Waals surface area contributed by atoms with Crippen LogP contribution in [0.25, 0.3) is 0 Å². The van der Waals surface area contributed by atoms with Crippen molar-refractivity contribution in [1.29, 1.82) is 0 Å². The number of nitrogens with one attached hydrogen (secondary N) is 2. The van der Waals surface area contributed by atoms with E-state index in [0.29, 0.717) is 12.5 Å². The van der Waals surface area contributed by atoms with Crippen LogP contribution in [0.15, 0.2) is 34.9 Å². The first-order valence-electron chi connectivity index (χ1n) is 7.66. The molecule has 0 unspecified atom stereocenters. The van der Waals surface area contributed by atoms with E-state index in [0.717, 1.165) is 22.6 Å². The summed E-state index contributed by atoms with van der Waals surface area (Å²) in [6.07, 6.45) is 2.34. The van der Waals surface area contributed by atoms with Crippen molar-refractivity contribution < 1.29 is 9.32 Å². The maximum Gasteiger partial charge on any atom is 0.315 e. The number of hydrogen-bond acceptors (Lipinski definition) is 3. The number of aromatic nitrogens is 1. The molecule has 1 aliphatic carbocycles. The monoisotopic (exact) mass is 299 g/mol. The van der Waals surface area contributed by atoms with Gasteiger partial charge in [-0.2, -0.15) is 0 Å². The Hall–Kier alpha value is -2.30. The quantitative estimate of drug-likeness (QED) is 0.890. The number of carbonyl (C=O) groups is 1. The zero-order chi connectivity index (χ0) is 15.5. The number of nitrogens with zero attached hydrogens (tertiary/aromatic N) is 1. The molecule has 5 heteroatoms. The van der Waals surface area contributed by atoms with Crippen LogP contribution < -0.4 is 10.6 Å². The summed E-state index contributed by atoms with van der Waals surface area (Å²) in [5.41, 5.74) is 2.93. The first kappa shape index (κ1) is 14.6. The van der Waals surface area contributed by atoms with Crippen molar-refractivity contribution in [3.8, 4) is 0 Å². The van der Waals surface area contributed by atoms with Crippen LogP contribution in [-0.4, -0.2) is 11.2 Å². The van der Waals surface area contributed by atoms with Gasteiger partial charge in [-0.1, -0.05) is 35.5 Å². The fourth-order valence-corrected chi connectivity index (χ4v) is 2.68. The molecule has 2 N–H and O–H groups in total. The van der Waals surface area contributed by atoms with Gasteiger partial charge >= 0.3 is 6.03 Å². The molecule has 0 radical (unpaired) electrons. The second kappa shape index (κ2) is 6.22. The fraction of sp³-hybridized carbons (Fsp3) is 0.412. The first-order valence-corrected chi connectivity index (χ1v) is 7.66. The van der Waals surface area contributed by atoms with Gasteiger partial charge in [-0.25, -0.2) is 4.79 Å². The van der Waals surface area contributed by atoms with Crippen LogP contribution >= 0.6 is 0 Å². The average Bonchev–Trinajstić information content (AvgIpc) is 3.31. The Bertz CT molecular complexity index is 628.